The summed E-state index contributed by atoms with van der Waals surface area (Å²) in [5, 5.41) is 9.53. The molecule has 108 valence electrons. The van der Waals surface area contributed by atoms with Crippen LogP contribution in [0.4, 0.5) is 8.78 Å². The van der Waals surface area contributed by atoms with Gasteiger partial charge in [0.1, 0.15) is 0 Å². The zero-order valence-corrected chi connectivity index (χ0v) is 10.8. The molecule has 0 saturated carbocycles. The lowest BCUT2D eigenvalue weighted by atomic mass is 9.90. The highest BCUT2D eigenvalue weighted by Crippen LogP contribution is 2.37. The van der Waals surface area contributed by atoms with E-state index in [0.717, 1.165) is 25.0 Å². The minimum absolute atomic E-state index is 0.113. The lowest BCUT2D eigenvalue weighted by Gasteiger charge is -2.46. The van der Waals surface area contributed by atoms with Crippen LogP contribution in [0, 0.1) is 11.6 Å². The Balaban J connectivity index is 1.94. The third-order valence-electron chi connectivity index (χ3n) is 3.98. The summed E-state index contributed by atoms with van der Waals surface area (Å²) in [6, 6.07) is 3.22. The van der Waals surface area contributed by atoms with E-state index in [4.69, 9.17) is 4.74 Å². The molecule has 2 aliphatic rings. The summed E-state index contributed by atoms with van der Waals surface area (Å²) >= 11 is 0. The smallest absolute Gasteiger partial charge is 0.280 e. The van der Waals surface area contributed by atoms with E-state index in [9.17, 15) is 18.7 Å². The van der Waals surface area contributed by atoms with Crippen LogP contribution >= 0.6 is 0 Å². The number of carbonyl (C=O) groups excluding carboxylic acids is 1. The second-order valence-electron chi connectivity index (χ2n) is 5.21. The van der Waals surface area contributed by atoms with Crippen molar-refractivity contribution >= 4 is 5.91 Å². The predicted octanol–water partition coefficient (Wildman–Crippen LogP) is 1.74. The first-order valence-electron chi connectivity index (χ1n) is 6.64. The van der Waals surface area contributed by atoms with Crippen molar-refractivity contribution in [3.8, 4) is 0 Å². The van der Waals surface area contributed by atoms with Crippen molar-refractivity contribution in [2.75, 3.05) is 6.61 Å². The molecule has 0 aliphatic carbocycles. The van der Waals surface area contributed by atoms with Crippen LogP contribution in [0.3, 0.4) is 0 Å². The molecule has 1 aromatic rings. The molecule has 3 atom stereocenters. The highest BCUT2D eigenvalue weighted by molar-refractivity contribution is 5.81. The molecule has 3 unspecified atom stereocenters. The molecular formula is C14H15F2NO3. The van der Waals surface area contributed by atoms with Gasteiger partial charge in [-0.1, -0.05) is 6.07 Å². The van der Waals surface area contributed by atoms with Gasteiger partial charge in [0.05, 0.1) is 18.7 Å². The third-order valence-corrected chi connectivity index (χ3v) is 3.98. The maximum atomic E-state index is 13.4. The molecule has 20 heavy (non-hydrogen) atoms. The Labute approximate surface area is 114 Å². The highest BCUT2D eigenvalue weighted by atomic mass is 19.2. The van der Waals surface area contributed by atoms with Crippen LogP contribution in [-0.4, -0.2) is 34.9 Å². The van der Waals surface area contributed by atoms with Crippen molar-refractivity contribution in [1.29, 1.82) is 0 Å². The summed E-state index contributed by atoms with van der Waals surface area (Å²) in [6.45, 7) is 0.271. The number of hydrogen-bond acceptors (Lipinski definition) is 3. The van der Waals surface area contributed by atoms with Crippen molar-refractivity contribution in [3.05, 3.63) is 35.4 Å². The van der Waals surface area contributed by atoms with Gasteiger partial charge in [0.15, 0.2) is 11.6 Å². The first-order valence-corrected chi connectivity index (χ1v) is 6.64. The third kappa shape index (κ3) is 2.19. The zero-order chi connectivity index (χ0) is 14.3. The first kappa shape index (κ1) is 13.5. The number of hydrogen-bond donors (Lipinski definition) is 1. The van der Waals surface area contributed by atoms with Crippen LogP contribution in [0.25, 0.3) is 0 Å². The maximum absolute atomic E-state index is 13.4. The summed E-state index contributed by atoms with van der Waals surface area (Å²) < 4.78 is 31.4. The normalized spacial score (nSPS) is 30.2. The van der Waals surface area contributed by atoms with Gasteiger partial charge in [0.2, 0.25) is 6.29 Å². The van der Waals surface area contributed by atoms with Crippen LogP contribution in [-0.2, 0) is 9.53 Å². The monoisotopic (exact) mass is 283 g/mol. The van der Waals surface area contributed by atoms with Crippen LogP contribution in [0.1, 0.15) is 30.9 Å². The zero-order valence-electron chi connectivity index (χ0n) is 10.8. The van der Waals surface area contributed by atoms with Crippen LogP contribution in [0.15, 0.2) is 18.2 Å². The number of aliphatic hydroxyl groups excluding tert-OH is 1. The number of ether oxygens (including phenoxy) is 1. The average molecular weight is 283 g/mol. The van der Waals surface area contributed by atoms with Gasteiger partial charge in [0, 0.05) is 0 Å². The molecule has 1 N–H and O–H groups in total. The number of halogens is 2. The average Bonchev–Trinajstić information content (AvgIpc) is 2.45. The lowest BCUT2D eigenvalue weighted by Crippen LogP contribution is -2.56. The number of carbonyl (C=O) groups is 1. The molecule has 6 heteroatoms. The number of aliphatic hydroxyl groups is 1. The highest BCUT2D eigenvalue weighted by Gasteiger charge is 2.42. The molecule has 0 spiro atoms. The molecule has 0 radical (unpaired) electrons. The number of rotatable bonds is 1. The SMILES string of the molecule is O=C1C(O)OCC2CCCC(c3ccc(F)c(F)c3)N12. The van der Waals surface area contributed by atoms with Crippen LogP contribution < -0.4 is 0 Å². The van der Waals surface area contributed by atoms with Gasteiger partial charge in [-0.2, -0.15) is 0 Å². The van der Waals surface area contributed by atoms with E-state index in [2.05, 4.69) is 0 Å². The molecule has 1 amide bonds. The van der Waals surface area contributed by atoms with Gasteiger partial charge in [-0.05, 0) is 37.0 Å². The molecule has 2 saturated heterocycles. The Morgan fingerprint density at radius 3 is 2.80 bits per heavy atom. The maximum Gasteiger partial charge on any atom is 0.280 e. The minimum Gasteiger partial charge on any atom is -0.361 e. The fourth-order valence-electron chi connectivity index (χ4n) is 3.02. The number of piperidine rings is 1. The second-order valence-corrected chi connectivity index (χ2v) is 5.21. The van der Waals surface area contributed by atoms with Crippen LogP contribution in [0.2, 0.25) is 0 Å². The van der Waals surface area contributed by atoms with Crippen molar-refractivity contribution < 1.29 is 23.4 Å². The number of nitrogens with zero attached hydrogens (tertiary/aromatic N) is 1. The summed E-state index contributed by atoms with van der Waals surface area (Å²) in [5.74, 6) is -2.34. The molecule has 2 fully saturated rings. The van der Waals surface area contributed by atoms with Crippen molar-refractivity contribution in [2.45, 2.75) is 37.6 Å². The summed E-state index contributed by atoms with van der Waals surface area (Å²) in [6.07, 6.45) is 0.869. The molecule has 4 nitrogen and oxygen atoms in total. The fourth-order valence-corrected chi connectivity index (χ4v) is 3.02. The minimum atomic E-state index is -1.46. The van der Waals surface area contributed by atoms with E-state index < -0.39 is 23.8 Å². The largest absolute Gasteiger partial charge is 0.361 e. The first-order chi connectivity index (χ1) is 9.58. The van der Waals surface area contributed by atoms with E-state index in [0.29, 0.717) is 12.0 Å². The summed E-state index contributed by atoms with van der Waals surface area (Å²) in [7, 11) is 0. The van der Waals surface area contributed by atoms with E-state index in [1.807, 2.05) is 0 Å². The second kappa shape index (κ2) is 5.10. The lowest BCUT2D eigenvalue weighted by molar-refractivity contribution is -0.200. The summed E-state index contributed by atoms with van der Waals surface area (Å²) in [5.41, 5.74) is 0.552. The van der Waals surface area contributed by atoms with Crippen LogP contribution in [0.5, 0.6) is 0 Å². The van der Waals surface area contributed by atoms with Gasteiger partial charge >= 0.3 is 0 Å². The van der Waals surface area contributed by atoms with E-state index in [1.54, 1.807) is 4.90 Å². The topological polar surface area (TPSA) is 49.8 Å². The quantitative estimate of drug-likeness (QED) is 0.854. The fraction of sp³-hybridized carbons (Fsp3) is 0.500. The predicted molar refractivity (Wildman–Crippen MR) is 65.5 cm³/mol. The van der Waals surface area contributed by atoms with Crippen molar-refractivity contribution in [3.63, 3.8) is 0 Å². The Morgan fingerprint density at radius 2 is 2.05 bits per heavy atom. The Bertz CT molecular complexity index is 537. The molecule has 1 aromatic carbocycles. The van der Waals surface area contributed by atoms with E-state index >= 15 is 0 Å². The van der Waals surface area contributed by atoms with Gasteiger partial charge in [-0.3, -0.25) is 4.79 Å². The Kier molecular flexibility index (Phi) is 3.43. The number of benzene rings is 1. The van der Waals surface area contributed by atoms with Gasteiger partial charge in [-0.15, -0.1) is 0 Å². The Morgan fingerprint density at radius 1 is 1.25 bits per heavy atom. The van der Waals surface area contributed by atoms with Gasteiger partial charge < -0.3 is 14.7 Å². The number of morpholine rings is 1. The molecule has 2 heterocycles. The van der Waals surface area contributed by atoms with Gasteiger partial charge in [0.25, 0.3) is 5.91 Å². The number of amides is 1. The standard InChI is InChI=1S/C14H15F2NO3/c15-10-5-4-8(6-11(10)16)12-3-1-2-9-7-20-14(19)13(18)17(9)12/h4-6,9,12,14,19H,1-3,7H2. The molecule has 0 aromatic heterocycles. The van der Waals surface area contributed by atoms with Crippen molar-refractivity contribution in [1.82, 2.24) is 4.90 Å². The van der Waals surface area contributed by atoms with Crippen molar-refractivity contribution in [2.24, 2.45) is 0 Å². The summed E-state index contributed by atoms with van der Waals surface area (Å²) in [4.78, 5) is 13.6. The number of fused-ring (bicyclic) bond motifs is 1. The van der Waals surface area contributed by atoms with Gasteiger partial charge in [-0.25, -0.2) is 8.78 Å². The molecule has 2 aliphatic heterocycles. The van der Waals surface area contributed by atoms with E-state index in [1.165, 1.54) is 6.07 Å². The Hall–Kier alpha value is -1.53. The molecule has 0 bridgehead atoms. The van der Waals surface area contributed by atoms with E-state index in [-0.39, 0.29) is 18.7 Å². The molecular weight excluding hydrogens is 268 g/mol. The molecule has 3 rings (SSSR count).